The van der Waals surface area contributed by atoms with E-state index in [1.54, 1.807) is 0 Å². The molecule has 1 aliphatic heterocycles. The van der Waals surface area contributed by atoms with Gasteiger partial charge in [0.1, 0.15) is 8.55 Å². The Kier molecular flexibility index (Phi) is 4.57. The van der Waals surface area contributed by atoms with Crippen molar-refractivity contribution in [3.8, 4) is 0 Å². The summed E-state index contributed by atoms with van der Waals surface area (Å²) in [5.41, 5.74) is 0. The van der Waals surface area contributed by atoms with Crippen molar-refractivity contribution in [1.29, 1.82) is 0 Å². The van der Waals surface area contributed by atoms with Crippen LogP contribution in [0.5, 0.6) is 0 Å². The standard InChI is InChI=1S/C28H21O3Si3/c29-34(30)10-9-31-33(32-34)26-8-7-20-16-27-22(14-24(20)15-26)6-5-21-13-23-11-18-3-1-2-4-19(18)12-25(23)17-28(21)27/h1-8,11-17,29-30H,9-10H2. The van der Waals surface area contributed by atoms with Crippen LogP contribution in [-0.4, -0.2) is 41.4 Å². The molecule has 0 unspecified atom stereocenters. The second kappa shape index (κ2) is 7.58. The van der Waals surface area contributed by atoms with Crippen LogP contribution in [0.15, 0.2) is 91.0 Å². The summed E-state index contributed by atoms with van der Waals surface area (Å²) in [6.45, 7) is 0.464. The minimum absolute atomic E-state index is 0.149. The zero-order valence-corrected chi connectivity index (χ0v) is 21.4. The molecule has 1 fully saturated rings. The van der Waals surface area contributed by atoms with Crippen molar-refractivity contribution in [3.63, 3.8) is 0 Å². The monoisotopic (exact) mass is 489 g/mol. The number of hydrogen-bond donors (Lipinski definition) is 2. The molecule has 0 amide bonds. The highest BCUT2D eigenvalue weighted by Gasteiger charge is 2.40. The Morgan fingerprint density at radius 2 is 1.15 bits per heavy atom. The number of fused-ring (bicyclic) bond motifs is 6. The summed E-state index contributed by atoms with van der Waals surface area (Å²) in [4.78, 5) is 20.5. The van der Waals surface area contributed by atoms with E-state index in [1.165, 1.54) is 53.9 Å². The quantitative estimate of drug-likeness (QED) is 0.198. The van der Waals surface area contributed by atoms with Crippen molar-refractivity contribution in [2.75, 3.05) is 6.61 Å². The third kappa shape index (κ3) is 3.42. The van der Waals surface area contributed by atoms with E-state index >= 15 is 0 Å². The van der Waals surface area contributed by atoms with Crippen LogP contribution in [-0.2, 0) is 4.43 Å². The molecule has 0 aromatic heterocycles. The van der Waals surface area contributed by atoms with E-state index < -0.39 is 16.6 Å². The molecule has 1 heterocycles. The molecule has 0 saturated carbocycles. The summed E-state index contributed by atoms with van der Waals surface area (Å²) in [5, 5.41) is 13.6. The Labute approximate surface area is 201 Å². The largest absolute Gasteiger partial charge is 0.415 e. The van der Waals surface area contributed by atoms with Gasteiger partial charge in [-0.3, -0.25) is 0 Å². The Hall–Kier alpha value is -2.85. The second-order valence-corrected chi connectivity index (χ2v) is 19.9. The minimum atomic E-state index is -3.07. The fourth-order valence-corrected chi connectivity index (χ4v) is 17.0. The SMILES string of the molecule is O[Si]1(O)CCO[Si](c2ccc3cc4c(ccc5cc6cc7ccccc7cc6cc54)cc3c2)[Si]1. The number of benzene rings is 6. The third-order valence-corrected chi connectivity index (χ3v) is 19.3. The molecule has 1 saturated heterocycles. The molecule has 0 bridgehead atoms. The van der Waals surface area contributed by atoms with Crippen LogP contribution in [0.3, 0.4) is 0 Å². The van der Waals surface area contributed by atoms with Crippen LogP contribution in [0.25, 0.3) is 53.9 Å². The lowest BCUT2D eigenvalue weighted by molar-refractivity contribution is 0.315. The zero-order chi connectivity index (χ0) is 22.9. The van der Waals surface area contributed by atoms with E-state index in [0.717, 1.165) is 5.19 Å². The van der Waals surface area contributed by atoms with Gasteiger partial charge in [-0.1, -0.05) is 54.6 Å². The van der Waals surface area contributed by atoms with E-state index in [1.807, 2.05) is 0 Å². The molecule has 163 valence electrons. The molecule has 1 aliphatic rings. The van der Waals surface area contributed by atoms with Gasteiger partial charge in [-0.2, -0.15) is 0 Å². The van der Waals surface area contributed by atoms with Gasteiger partial charge in [-0.05, 0) is 95.4 Å². The van der Waals surface area contributed by atoms with Gasteiger partial charge in [0, 0.05) is 12.7 Å². The van der Waals surface area contributed by atoms with Gasteiger partial charge in [0.05, 0.1) is 0 Å². The topological polar surface area (TPSA) is 49.7 Å². The van der Waals surface area contributed by atoms with Gasteiger partial charge in [0.25, 0.3) is 0 Å². The molecule has 6 aromatic carbocycles. The molecule has 0 aliphatic carbocycles. The molecule has 34 heavy (non-hydrogen) atoms. The maximum Gasteiger partial charge on any atom is 0.307 e. The average molecular weight is 490 g/mol. The molecule has 0 atom stereocenters. The zero-order valence-electron chi connectivity index (χ0n) is 18.4. The van der Waals surface area contributed by atoms with Crippen molar-refractivity contribution in [2.45, 2.75) is 6.04 Å². The first-order valence-electron chi connectivity index (χ1n) is 11.5. The van der Waals surface area contributed by atoms with Gasteiger partial charge >= 0.3 is 8.08 Å². The van der Waals surface area contributed by atoms with Gasteiger partial charge in [-0.15, -0.1) is 0 Å². The van der Waals surface area contributed by atoms with Crippen molar-refractivity contribution in [2.24, 2.45) is 0 Å². The maximum atomic E-state index is 10.2. The van der Waals surface area contributed by atoms with E-state index in [9.17, 15) is 9.59 Å². The first-order valence-corrected chi connectivity index (χ1v) is 18.0. The smallest absolute Gasteiger partial charge is 0.307 e. The van der Waals surface area contributed by atoms with Crippen molar-refractivity contribution >= 4 is 84.2 Å². The number of rotatable bonds is 1. The van der Waals surface area contributed by atoms with Crippen molar-refractivity contribution in [3.05, 3.63) is 91.0 Å². The predicted octanol–water partition coefficient (Wildman–Crippen LogP) is 4.81. The first-order chi connectivity index (χ1) is 16.5. The van der Waals surface area contributed by atoms with E-state index in [2.05, 4.69) is 91.0 Å². The highest BCUT2D eigenvalue weighted by molar-refractivity contribution is 7.45. The fourth-order valence-electron chi connectivity index (χ4n) is 5.12. The molecule has 7 rings (SSSR count). The Bertz CT molecular complexity index is 1760. The molecule has 6 heteroatoms. The molecule has 0 spiro atoms. The molecular weight excluding hydrogens is 469 g/mol. The van der Waals surface area contributed by atoms with E-state index in [0.29, 0.717) is 12.7 Å². The predicted molar refractivity (Wildman–Crippen MR) is 146 cm³/mol. The Morgan fingerprint density at radius 1 is 0.618 bits per heavy atom. The first kappa shape index (κ1) is 20.5. The van der Waals surface area contributed by atoms with Gasteiger partial charge < -0.3 is 14.0 Å². The molecule has 3 nitrogen and oxygen atoms in total. The normalized spacial score (nSPS) is 16.8. The molecule has 2 N–H and O–H groups in total. The highest BCUT2D eigenvalue weighted by Crippen LogP contribution is 2.33. The fraction of sp³-hybridized carbons (Fsp3) is 0.0714. The maximum absolute atomic E-state index is 10.2. The molecular formula is C28H21O3Si3. The van der Waals surface area contributed by atoms with Crippen LogP contribution in [0.1, 0.15) is 0 Å². The summed E-state index contributed by atoms with van der Waals surface area (Å²) < 4.78 is 5.99. The van der Waals surface area contributed by atoms with Crippen molar-refractivity contribution in [1.82, 2.24) is 0 Å². The van der Waals surface area contributed by atoms with Crippen LogP contribution in [0.4, 0.5) is 0 Å². The van der Waals surface area contributed by atoms with Crippen LogP contribution >= 0.6 is 0 Å². The van der Waals surface area contributed by atoms with Crippen LogP contribution in [0, 0.1) is 0 Å². The average Bonchev–Trinajstić information content (AvgIpc) is 2.84. The van der Waals surface area contributed by atoms with Crippen LogP contribution < -0.4 is 5.19 Å². The molecule has 3 radical (unpaired) electrons. The second-order valence-electron chi connectivity index (χ2n) is 9.19. The summed E-state index contributed by atoms with van der Waals surface area (Å²) in [6, 6.07) is 33.6. The summed E-state index contributed by atoms with van der Waals surface area (Å²) in [5.74, 6) is 0. The van der Waals surface area contributed by atoms with Gasteiger partial charge in [-0.25, -0.2) is 0 Å². The summed E-state index contributed by atoms with van der Waals surface area (Å²) >= 11 is 0. The van der Waals surface area contributed by atoms with Gasteiger partial charge in [0.15, 0.2) is 0 Å². The van der Waals surface area contributed by atoms with Gasteiger partial charge in [0.2, 0.25) is 8.56 Å². The third-order valence-electron chi connectivity index (χ3n) is 6.89. The van der Waals surface area contributed by atoms with E-state index in [4.69, 9.17) is 4.43 Å². The lowest BCUT2D eigenvalue weighted by Crippen LogP contribution is -2.60. The summed E-state index contributed by atoms with van der Waals surface area (Å²) in [6.07, 6.45) is 0. The lowest BCUT2D eigenvalue weighted by atomic mass is 9.95. The number of hydrogen-bond acceptors (Lipinski definition) is 3. The minimum Gasteiger partial charge on any atom is -0.415 e. The van der Waals surface area contributed by atoms with Crippen molar-refractivity contribution < 1.29 is 14.0 Å². The summed E-state index contributed by atoms with van der Waals surface area (Å²) in [7, 11) is -4.28. The Balaban J connectivity index is 1.40. The highest BCUT2D eigenvalue weighted by atomic mass is 29.6. The van der Waals surface area contributed by atoms with Crippen LogP contribution in [0.2, 0.25) is 6.04 Å². The molecule has 6 aromatic rings. The lowest BCUT2D eigenvalue weighted by Gasteiger charge is -2.28. The Morgan fingerprint density at radius 3 is 1.82 bits per heavy atom. The van der Waals surface area contributed by atoms with E-state index in [-0.39, 0.29) is 8.55 Å².